The molecule has 2 aromatic carbocycles. The highest BCUT2D eigenvalue weighted by Crippen LogP contribution is 2.25. The molecule has 0 unspecified atom stereocenters. The minimum Gasteiger partial charge on any atom is -0.496 e. The van der Waals surface area contributed by atoms with Crippen molar-refractivity contribution in [1.29, 1.82) is 0 Å². The third-order valence-corrected chi connectivity index (χ3v) is 7.67. The summed E-state index contributed by atoms with van der Waals surface area (Å²) in [5.41, 5.74) is 2.02. The van der Waals surface area contributed by atoms with E-state index in [0.717, 1.165) is 42.6 Å². The molecule has 0 aromatic heterocycles. The summed E-state index contributed by atoms with van der Waals surface area (Å²) in [6.07, 6.45) is 4.66. The van der Waals surface area contributed by atoms with Crippen LogP contribution in [0.25, 0.3) is 0 Å². The normalized spacial score (nSPS) is 17.1. The monoisotopic (exact) mass is 416 g/mol. The first-order chi connectivity index (χ1) is 14.0. The first-order valence-corrected chi connectivity index (χ1v) is 11.8. The lowest BCUT2D eigenvalue weighted by atomic mass is 10.1. The first-order valence-electron chi connectivity index (χ1n) is 10.4. The second-order valence-corrected chi connectivity index (χ2v) is 9.60. The molecule has 1 saturated heterocycles. The first kappa shape index (κ1) is 21.8. The van der Waals surface area contributed by atoms with Crippen molar-refractivity contribution in [2.75, 3.05) is 20.2 Å². The van der Waals surface area contributed by atoms with Gasteiger partial charge in [0, 0.05) is 25.7 Å². The van der Waals surface area contributed by atoms with Crippen LogP contribution in [0.1, 0.15) is 43.7 Å². The molecule has 0 aliphatic carbocycles. The molecule has 2 aromatic rings. The maximum absolute atomic E-state index is 13.6. The summed E-state index contributed by atoms with van der Waals surface area (Å²) >= 11 is 0. The zero-order chi connectivity index (χ0) is 20.7. The molecule has 0 bridgehead atoms. The Morgan fingerprint density at radius 2 is 1.59 bits per heavy atom. The Morgan fingerprint density at radius 1 is 0.966 bits per heavy atom. The van der Waals surface area contributed by atoms with E-state index in [2.05, 4.69) is 0 Å². The predicted octanol–water partition coefficient (Wildman–Crippen LogP) is 4.25. The van der Waals surface area contributed by atoms with Gasteiger partial charge in [-0.15, -0.1) is 0 Å². The molecule has 1 aliphatic rings. The molecule has 6 heteroatoms. The third-order valence-electron chi connectivity index (χ3n) is 5.57. The van der Waals surface area contributed by atoms with Crippen LogP contribution in [-0.4, -0.2) is 43.3 Å². The topological polar surface area (TPSA) is 49.9 Å². The number of nitrogens with zero attached hydrogens (tertiary/aromatic N) is 2. The molecule has 3 rings (SSSR count). The summed E-state index contributed by atoms with van der Waals surface area (Å²) < 4.78 is 36.1. The minimum absolute atomic E-state index is 0.195. The molecule has 29 heavy (non-hydrogen) atoms. The zero-order valence-electron chi connectivity index (χ0n) is 17.5. The average Bonchev–Trinajstić information content (AvgIpc) is 3.03. The highest BCUT2D eigenvalue weighted by atomic mass is 32.2. The number of ether oxygens (including phenoxy) is 1. The Balaban J connectivity index is 1.89. The van der Waals surface area contributed by atoms with Crippen LogP contribution in [0.5, 0.6) is 5.75 Å². The number of para-hydroxylation sites is 1. The number of rotatable bonds is 8. The van der Waals surface area contributed by atoms with Gasteiger partial charge < -0.3 is 4.74 Å². The lowest BCUT2D eigenvalue weighted by Crippen LogP contribution is -2.48. The van der Waals surface area contributed by atoms with E-state index in [1.807, 2.05) is 61.5 Å². The van der Waals surface area contributed by atoms with Crippen molar-refractivity contribution in [3.05, 3.63) is 65.7 Å². The molecule has 0 spiro atoms. The van der Waals surface area contributed by atoms with E-state index in [1.165, 1.54) is 0 Å². The molecular formula is C23H32N2O3S. The highest BCUT2D eigenvalue weighted by Gasteiger charge is 2.33. The maximum atomic E-state index is 13.6. The van der Waals surface area contributed by atoms with Crippen LogP contribution in [0.2, 0.25) is 0 Å². The van der Waals surface area contributed by atoms with Crippen molar-refractivity contribution in [1.82, 2.24) is 8.61 Å². The molecule has 0 amide bonds. The second-order valence-electron chi connectivity index (χ2n) is 7.72. The summed E-state index contributed by atoms with van der Waals surface area (Å²) in [6.45, 7) is 3.57. The van der Waals surface area contributed by atoms with Gasteiger partial charge in [-0.2, -0.15) is 17.0 Å². The average molecular weight is 417 g/mol. The van der Waals surface area contributed by atoms with E-state index in [-0.39, 0.29) is 6.04 Å². The van der Waals surface area contributed by atoms with Crippen LogP contribution in [0, 0.1) is 0 Å². The minimum atomic E-state index is -3.56. The lowest BCUT2D eigenvalue weighted by Gasteiger charge is -2.33. The number of methoxy groups -OCH3 is 1. The van der Waals surface area contributed by atoms with Crippen LogP contribution < -0.4 is 4.74 Å². The fraction of sp³-hybridized carbons (Fsp3) is 0.478. The molecule has 0 saturated carbocycles. The van der Waals surface area contributed by atoms with Crippen LogP contribution in [0.4, 0.5) is 0 Å². The van der Waals surface area contributed by atoms with Crippen molar-refractivity contribution in [3.8, 4) is 5.75 Å². The number of hydrogen-bond donors (Lipinski definition) is 0. The van der Waals surface area contributed by atoms with E-state index in [0.29, 0.717) is 26.1 Å². The van der Waals surface area contributed by atoms with Crippen LogP contribution in [-0.2, 0) is 23.2 Å². The molecule has 5 nitrogen and oxygen atoms in total. The largest absolute Gasteiger partial charge is 0.496 e. The highest BCUT2D eigenvalue weighted by molar-refractivity contribution is 7.86. The molecule has 1 fully saturated rings. The summed E-state index contributed by atoms with van der Waals surface area (Å²) in [4.78, 5) is 0. The molecule has 0 radical (unpaired) electrons. The Labute approximate surface area is 175 Å². The Kier molecular flexibility index (Phi) is 7.70. The van der Waals surface area contributed by atoms with Crippen molar-refractivity contribution in [3.63, 3.8) is 0 Å². The van der Waals surface area contributed by atoms with Crippen molar-refractivity contribution < 1.29 is 13.2 Å². The van der Waals surface area contributed by atoms with Gasteiger partial charge in [-0.05, 0) is 43.4 Å². The standard InChI is InChI=1S/C23H32N2O3S/c1-20(18-22-14-8-9-15-23(22)28-2)25(19-21-12-6-5-7-13-21)29(26,27)24-16-10-3-4-11-17-24/h5-9,12-15,20H,3-4,10-11,16-19H2,1-2H3/t20-/m0/s1. The van der Waals surface area contributed by atoms with E-state index < -0.39 is 10.2 Å². The third kappa shape index (κ3) is 5.59. The molecule has 0 N–H and O–H groups in total. The fourth-order valence-corrected chi connectivity index (χ4v) is 5.80. The van der Waals surface area contributed by atoms with E-state index in [4.69, 9.17) is 4.74 Å². The van der Waals surface area contributed by atoms with Crippen molar-refractivity contribution in [2.45, 2.75) is 51.6 Å². The second kappa shape index (κ2) is 10.2. The zero-order valence-corrected chi connectivity index (χ0v) is 18.3. The maximum Gasteiger partial charge on any atom is 0.282 e. The molecule has 1 aliphatic heterocycles. The Hall–Kier alpha value is -1.89. The predicted molar refractivity (Wildman–Crippen MR) is 117 cm³/mol. The van der Waals surface area contributed by atoms with Crippen LogP contribution in [0.15, 0.2) is 54.6 Å². The quantitative estimate of drug-likeness (QED) is 0.646. The van der Waals surface area contributed by atoms with Gasteiger partial charge in [-0.3, -0.25) is 0 Å². The molecule has 158 valence electrons. The Morgan fingerprint density at radius 3 is 2.24 bits per heavy atom. The smallest absolute Gasteiger partial charge is 0.282 e. The van der Waals surface area contributed by atoms with Gasteiger partial charge in [0.1, 0.15) is 5.75 Å². The van der Waals surface area contributed by atoms with Gasteiger partial charge >= 0.3 is 0 Å². The summed E-state index contributed by atoms with van der Waals surface area (Å²) in [5.74, 6) is 0.797. The van der Waals surface area contributed by atoms with E-state index >= 15 is 0 Å². The fourth-order valence-electron chi connectivity index (χ4n) is 3.94. The summed E-state index contributed by atoms with van der Waals surface area (Å²) in [7, 11) is -1.91. The molecule has 1 heterocycles. The van der Waals surface area contributed by atoms with Crippen LogP contribution in [0.3, 0.4) is 0 Å². The summed E-state index contributed by atoms with van der Waals surface area (Å²) in [5, 5.41) is 0. The van der Waals surface area contributed by atoms with Gasteiger partial charge in [0.15, 0.2) is 0 Å². The van der Waals surface area contributed by atoms with Gasteiger partial charge in [-0.25, -0.2) is 0 Å². The van der Waals surface area contributed by atoms with Crippen molar-refractivity contribution >= 4 is 10.2 Å². The van der Waals surface area contributed by atoms with Gasteiger partial charge in [0.25, 0.3) is 10.2 Å². The van der Waals surface area contributed by atoms with Crippen molar-refractivity contribution in [2.24, 2.45) is 0 Å². The van der Waals surface area contributed by atoms with Gasteiger partial charge in [0.2, 0.25) is 0 Å². The SMILES string of the molecule is COc1ccccc1C[C@H](C)N(Cc1ccccc1)S(=O)(=O)N1CCCCCC1. The van der Waals surface area contributed by atoms with Crippen LogP contribution >= 0.6 is 0 Å². The van der Waals surface area contributed by atoms with E-state index in [1.54, 1.807) is 15.7 Å². The molecular weight excluding hydrogens is 384 g/mol. The summed E-state index contributed by atoms with van der Waals surface area (Å²) in [6, 6.07) is 17.5. The van der Waals surface area contributed by atoms with Gasteiger partial charge in [0.05, 0.1) is 7.11 Å². The number of hydrogen-bond acceptors (Lipinski definition) is 3. The molecule has 1 atom stereocenters. The Bertz CT molecular complexity index is 863. The van der Waals surface area contributed by atoms with E-state index in [9.17, 15) is 8.42 Å². The lowest BCUT2D eigenvalue weighted by molar-refractivity contribution is 0.286. The van der Waals surface area contributed by atoms with Gasteiger partial charge in [-0.1, -0.05) is 61.4 Å². The number of benzene rings is 2.